The van der Waals surface area contributed by atoms with E-state index in [9.17, 15) is 5.26 Å². The number of benzene rings is 3. The number of hydrogen-bond acceptors (Lipinski definition) is 2. The third-order valence-corrected chi connectivity index (χ3v) is 5.49. The van der Waals surface area contributed by atoms with Crippen LogP contribution in [0.2, 0.25) is 15.1 Å². The van der Waals surface area contributed by atoms with Crippen LogP contribution in [0.25, 0.3) is 11.6 Å². The summed E-state index contributed by atoms with van der Waals surface area (Å²) in [6, 6.07) is 20.4. The van der Waals surface area contributed by atoms with Gasteiger partial charge in [0.15, 0.2) is 0 Å². The maximum Gasteiger partial charge on any atom is 0.134 e. The predicted molar refractivity (Wildman–Crippen MR) is 120 cm³/mol. The first-order chi connectivity index (χ1) is 13.5. The Kier molecular flexibility index (Phi) is 7.04. The molecule has 0 heterocycles. The molecule has 0 saturated heterocycles. The molecule has 0 aliphatic heterocycles. The number of halogens is 4. The number of ether oxygens (including phenoxy) is 1. The molecule has 0 bridgehead atoms. The second kappa shape index (κ2) is 9.49. The van der Waals surface area contributed by atoms with E-state index in [0.29, 0.717) is 38.6 Å². The fraction of sp³-hybridized carbons (Fsp3) is 0.0455. The van der Waals surface area contributed by atoms with Crippen LogP contribution in [0.3, 0.4) is 0 Å². The van der Waals surface area contributed by atoms with E-state index in [-0.39, 0.29) is 0 Å². The van der Waals surface area contributed by atoms with Gasteiger partial charge in [0.1, 0.15) is 12.4 Å². The van der Waals surface area contributed by atoms with Crippen LogP contribution in [0.4, 0.5) is 0 Å². The Labute approximate surface area is 187 Å². The topological polar surface area (TPSA) is 33.0 Å². The van der Waals surface area contributed by atoms with Crippen LogP contribution in [-0.2, 0) is 6.61 Å². The zero-order valence-electron chi connectivity index (χ0n) is 14.4. The molecule has 0 aliphatic rings. The minimum absolute atomic E-state index is 0.358. The Morgan fingerprint density at radius 2 is 1.79 bits per heavy atom. The maximum atomic E-state index is 9.54. The zero-order chi connectivity index (χ0) is 20.1. The highest BCUT2D eigenvalue weighted by Crippen LogP contribution is 2.31. The Morgan fingerprint density at radius 1 is 1.00 bits per heavy atom. The lowest BCUT2D eigenvalue weighted by atomic mass is 10.0. The minimum atomic E-state index is 0.358. The largest absolute Gasteiger partial charge is 0.488 e. The molecule has 28 heavy (non-hydrogen) atoms. The molecule has 0 aromatic heterocycles. The predicted octanol–water partition coefficient (Wildman–Crippen LogP) is 8.05. The van der Waals surface area contributed by atoms with Gasteiger partial charge >= 0.3 is 0 Å². The van der Waals surface area contributed by atoms with Crippen molar-refractivity contribution in [1.82, 2.24) is 0 Å². The molecule has 0 spiro atoms. The van der Waals surface area contributed by atoms with Gasteiger partial charge in [-0.2, -0.15) is 5.26 Å². The Balaban J connectivity index is 1.82. The number of allylic oxidation sites excluding steroid dienone is 1. The van der Waals surface area contributed by atoms with Crippen LogP contribution in [-0.4, -0.2) is 0 Å². The molecular weight excluding hydrogens is 481 g/mol. The molecule has 0 unspecified atom stereocenters. The van der Waals surface area contributed by atoms with Crippen molar-refractivity contribution in [3.63, 3.8) is 0 Å². The van der Waals surface area contributed by atoms with Crippen LogP contribution >= 0.6 is 50.7 Å². The van der Waals surface area contributed by atoms with Gasteiger partial charge in [0, 0.05) is 21.2 Å². The molecule has 2 nitrogen and oxygen atoms in total. The zero-order valence-corrected chi connectivity index (χ0v) is 18.3. The molecule has 3 rings (SSSR count). The molecule has 0 N–H and O–H groups in total. The highest BCUT2D eigenvalue weighted by atomic mass is 79.9. The lowest BCUT2D eigenvalue weighted by Crippen LogP contribution is -1.97. The summed E-state index contributed by atoms with van der Waals surface area (Å²) in [6.07, 6.45) is 1.76. The van der Waals surface area contributed by atoms with Crippen molar-refractivity contribution in [3.8, 4) is 11.8 Å². The van der Waals surface area contributed by atoms with Crippen molar-refractivity contribution in [2.24, 2.45) is 0 Å². The van der Waals surface area contributed by atoms with E-state index in [1.165, 1.54) is 0 Å². The molecule has 0 aliphatic carbocycles. The van der Waals surface area contributed by atoms with Gasteiger partial charge in [-0.25, -0.2) is 0 Å². The fourth-order valence-corrected chi connectivity index (χ4v) is 3.75. The van der Waals surface area contributed by atoms with Gasteiger partial charge in [-0.05, 0) is 57.9 Å². The van der Waals surface area contributed by atoms with E-state index in [1.54, 1.807) is 24.3 Å². The van der Waals surface area contributed by atoms with Crippen LogP contribution in [0.15, 0.2) is 65.1 Å². The van der Waals surface area contributed by atoms with Crippen molar-refractivity contribution in [1.29, 1.82) is 5.26 Å². The van der Waals surface area contributed by atoms with Crippen molar-refractivity contribution in [2.45, 2.75) is 6.61 Å². The lowest BCUT2D eigenvalue weighted by molar-refractivity contribution is 0.304. The smallest absolute Gasteiger partial charge is 0.134 e. The van der Waals surface area contributed by atoms with Gasteiger partial charge in [-0.15, -0.1) is 0 Å². The summed E-state index contributed by atoms with van der Waals surface area (Å²) >= 11 is 21.8. The second-order valence-electron chi connectivity index (χ2n) is 5.86. The maximum absolute atomic E-state index is 9.54. The Morgan fingerprint density at radius 3 is 2.46 bits per heavy atom. The van der Waals surface area contributed by atoms with Gasteiger partial charge in [-0.3, -0.25) is 0 Å². The van der Waals surface area contributed by atoms with Crippen LogP contribution in [0.5, 0.6) is 5.75 Å². The average Bonchev–Trinajstić information content (AvgIpc) is 2.67. The van der Waals surface area contributed by atoms with Gasteiger partial charge in [0.25, 0.3) is 0 Å². The molecule has 140 valence electrons. The summed E-state index contributed by atoms with van der Waals surface area (Å²) in [4.78, 5) is 0. The quantitative estimate of drug-likeness (QED) is 0.266. The Bertz CT molecular complexity index is 1090. The normalized spacial score (nSPS) is 11.2. The number of hydrogen-bond donors (Lipinski definition) is 0. The number of nitrogens with zero attached hydrogens (tertiary/aromatic N) is 1. The second-order valence-corrected chi connectivity index (χ2v) is 7.97. The van der Waals surface area contributed by atoms with E-state index in [2.05, 4.69) is 22.0 Å². The first kappa shape index (κ1) is 20.8. The van der Waals surface area contributed by atoms with Gasteiger partial charge < -0.3 is 4.74 Å². The molecule has 0 atom stereocenters. The van der Waals surface area contributed by atoms with E-state index in [4.69, 9.17) is 39.5 Å². The summed E-state index contributed by atoms with van der Waals surface area (Å²) in [6.45, 7) is 0.358. The molecule has 3 aromatic rings. The third kappa shape index (κ3) is 5.10. The molecule has 0 fully saturated rings. The van der Waals surface area contributed by atoms with E-state index in [0.717, 1.165) is 15.6 Å². The molecule has 0 radical (unpaired) electrons. The third-order valence-electron chi connectivity index (χ3n) is 3.95. The van der Waals surface area contributed by atoms with Crippen molar-refractivity contribution in [2.75, 3.05) is 0 Å². The minimum Gasteiger partial charge on any atom is -0.488 e. The van der Waals surface area contributed by atoms with E-state index in [1.807, 2.05) is 42.5 Å². The van der Waals surface area contributed by atoms with Crippen LogP contribution in [0.1, 0.15) is 16.7 Å². The van der Waals surface area contributed by atoms with Crippen molar-refractivity contribution < 1.29 is 4.74 Å². The monoisotopic (exact) mass is 491 g/mol. The standard InChI is InChI=1S/C22H13BrCl3NO/c23-19-10-14(9-16(12-27)18-7-6-17(24)11-21(18)26)5-8-22(19)28-13-15-3-1-2-4-20(15)25/h1-11H,13H2/b16-9+. The van der Waals surface area contributed by atoms with Crippen LogP contribution < -0.4 is 4.74 Å². The molecule has 0 saturated carbocycles. The molecule has 6 heteroatoms. The number of nitriles is 1. The summed E-state index contributed by atoms with van der Waals surface area (Å²) in [7, 11) is 0. The first-order valence-corrected chi connectivity index (χ1v) is 10.1. The molecule has 3 aromatic carbocycles. The molecule has 0 amide bonds. The van der Waals surface area contributed by atoms with Crippen molar-refractivity contribution in [3.05, 3.63) is 96.9 Å². The van der Waals surface area contributed by atoms with Gasteiger partial charge in [0.05, 0.1) is 21.1 Å². The highest BCUT2D eigenvalue weighted by molar-refractivity contribution is 9.10. The summed E-state index contributed by atoms with van der Waals surface area (Å²) in [5.41, 5.74) is 2.81. The van der Waals surface area contributed by atoms with Gasteiger partial charge in [0.2, 0.25) is 0 Å². The fourth-order valence-electron chi connectivity index (χ4n) is 2.54. The first-order valence-electron chi connectivity index (χ1n) is 8.21. The van der Waals surface area contributed by atoms with Gasteiger partial charge in [-0.1, -0.05) is 65.1 Å². The summed E-state index contributed by atoms with van der Waals surface area (Å²) in [5, 5.41) is 11.2. The van der Waals surface area contributed by atoms with E-state index >= 15 is 0 Å². The summed E-state index contributed by atoms with van der Waals surface area (Å²) in [5.74, 6) is 0.681. The van der Waals surface area contributed by atoms with Crippen molar-refractivity contribution >= 4 is 62.4 Å². The SMILES string of the molecule is N#C/C(=C\c1ccc(OCc2ccccc2Cl)c(Br)c1)c1ccc(Cl)cc1Cl. The van der Waals surface area contributed by atoms with E-state index < -0.39 is 0 Å². The number of rotatable bonds is 5. The Hall–Kier alpha value is -1.96. The van der Waals surface area contributed by atoms with Crippen LogP contribution in [0, 0.1) is 11.3 Å². The summed E-state index contributed by atoms with van der Waals surface area (Å²) < 4.78 is 6.63. The average molecular weight is 494 g/mol. The lowest BCUT2D eigenvalue weighted by Gasteiger charge is -2.10. The molecular formula is C22H13BrCl3NO. The highest BCUT2D eigenvalue weighted by Gasteiger charge is 2.09.